The SMILES string of the molecule is Cc1cc(C)c(OCCCC(=O)N(C)N)cc1C. The Hall–Kier alpha value is -1.55. The molecule has 0 saturated carbocycles. The number of aryl methyl sites for hydroxylation is 3. The second-order valence-electron chi connectivity index (χ2n) is 4.66. The fraction of sp³-hybridized carbons (Fsp3) is 0.500. The van der Waals surface area contributed by atoms with Crippen molar-refractivity contribution in [3.05, 3.63) is 28.8 Å². The van der Waals surface area contributed by atoms with Crippen LogP contribution in [0.25, 0.3) is 0 Å². The number of nitrogens with zero attached hydrogens (tertiary/aromatic N) is 1. The summed E-state index contributed by atoms with van der Waals surface area (Å²) in [5.41, 5.74) is 3.61. The van der Waals surface area contributed by atoms with Crippen molar-refractivity contribution in [1.29, 1.82) is 0 Å². The summed E-state index contributed by atoms with van der Waals surface area (Å²) in [7, 11) is 1.55. The van der Waals surface area contributed by atoms with Crippen LogP contribution in [0.15, 0.2) is 12.1 Å². The normalized spacial score (nSPS) is 10.3. The lowest BCUT2D eigenvalue weighted by Gasteiger charge is -2.12. The van der Waals surface area contributed by atoms with Gasteiger partial charge < -0.3 is 4.74 Å². The van der Waals surface area contributed by atoms with Crippen LogP contribution in [0, 0.1) is 20.8 Å². The van der Waals surface area contributed by atoms with Crippen molar-refractivity contribution < 1.29 is 9.53 Å². The summed E-state index contributed by atoms with van der Waals surface area (Å²) >= 11 is 0. The van der Waals surface area contributed by atoms with Crippen molar-refractivity contribution in [2.24, 2.45) is 5.84 Å². The van der Waals surface area contributed by atoms with E-state index in [0.29, 0.717) is 19.4 Å². The summed E-state index contributed by atoms with van der Waals surface area (Å²) in [6.45, 7) is 6.71. The zero-order valence-electron chi connectivity index (χ0n) is 11.6. The molecule has 0 bridgehead atoms. The zero-order chi connectivity index (χ0) is 13.7. The van der Waals surface area contributed by atoms with Gasteiger partial charge in [0.05, 0.1) is 6.61 Å². The van der Waals surface area contributed by atoms with Crippen molar-refractivity contribution in [1.82, 2.24) is 5.01 Å². The molecule has 0 aromatic heterocycles. The van der Waals surface area contributed by atoms with Gasteiger partial charge in [-0.2, -0.15) is 0 Å². The zero-order valence-corrected chi connectivity index (χ0v) is 11.6. The van der Waals surface area contributed by atoms with E-state index in [0.717, 1.165) is 16.3 Å². The maximum absolute atomic E-state index is 11.3. The van der Waals surface area contributed by atoms with Gasteiger partial charge in [-0.05, 0) is 49.9 Å². The molecule has 1 aromatic carbocycles. The van der Waals surface area contributed by atoms with Crippen LogP contribution in [0.1, 0.15) is 29.5 Å². The Morgan fingerprint density at radius 1 is 1.22 bits per heavy atom. The Morgan fingerprint density at radius 2 is 1.83 bits per heavy atom. The lowest BCUT2D eigenvalue weighted by molar-refractivity contribution is -0.130. The van der Waals surface area contributed by atoms with Crippen LogP contribution >= 0.6 is 0 Å². The number of hydrazine groups is 1. The third kappa shape index (κ3) is 4.04. The minimum absolute atomic E-state index is 0.0737. The van der Waals surface area contributed by atoms with E-state index in [-0.39, 0.29) is 5.91 Å². The van der Waals surface area contributed by atoms with Gasteiger partial charge in [0, 0.05) is 13.5 Å². The van der Waals surface area contributed by atoms with Crippen LogP contribution in [-0.2, 0) is 4.79 Å². The molecule has 0 saturated heterocycles. The molecule has 0 atom stereocenters. The number of benzene rings is 1. The predicted molar refractivity (Wildman–Crippen MR) is 72.3 cm³/mol. The molecule has 18 heavy (non-hydrogen) atoms. The Balaban J connectivity index is 2.45. The van der Waals surface area contributed by atoms with Crippen LogP contribution in [0.3, 0.4) is 0 Å². The van der Waals surface area contributed by atoms with E-state index < -0.39 is 0 Å². The highest BCUT2D eigenvalue weighted by molar-refractivity contribution is 5.75. The molecule has 0 aliphatic carbocycles. The average Bonchev–Trinajstić information content (AvgIpc) is 2.30. The molecule has 1 aromatic rings. The monoisotopic (exact) mass is 250 g/mol. The highest BCUT2D eigenvalue weighted by Crippen LogP contribution is 2.22. The van der Waals surface area contributed by atoms with Gasteiger partial charge in [-0.3, -0.25) is 9.80 Å². The second kappa shape index (κ2) is 6.40. The average molecular weight is 250 g/mol. The number of hydrogen-bond acceptors (Lipinski definition) is 3. The predicted octanol–water partition coefficient (Wildman–Crippen LogP) is 2.10. The molecule has 0 aliphatic rings. The highest BCUT2D eigenvalue weighted by Gasteiger charge is 2.06. The van der Waals surface area contributed by atoms with Crippen molar-refractivity contribution in [3.8, 4) is 5.75 Å². The molecule has 100 valence electrons. The van der Waals surface area contributed by atoms with E-state index in [9.17, 15) is 4.79 Å². The molecule has 0 heterocycles. The van der Waals surface area contributed by atoms with Crippen molar-refractivity contribution in [2.45, 2.75) is 33.6 Å². The smallest absolute Gasteiger partial charge is 0.236 e. The van der Waals surface area contributed by atoms with Crippen LogP contribution in [0.2, 0.25) is 0 Å². The number of rotatable bonds is 5. The van der Waals surface area contributed by atoms with Gasteiger partial charge in [0.15, 0.2) is 0 Å². The van der Waals surface area contributed by atoms with Gasteiger partial charge in [0.25, 0.3) is 0 Å². The number of hydrogen-bond donors (Lipinski definition) is 1. The fourth-order valence-corrected chi connectivity index (χ4v) is 1.67. The van der Waals surface area contributed by atoms with E-state index in [1.807, 2.05) is 13.0 Å². The molecular formula is C14H22N2O2. The van der Waals surface area contributed by atoms with Crippen LogP contribution in [-0.4, -0.2) is 24.6 Å². The number of carbonyl (C=O) groups excluding carboxylic acids is 1. The Labute approximate surface area is 109 Å². The molecule has 4 nitrogen and oxygen atoms in total. The number of ether oxygens (including phenoxy) is 1. The van der Waals surface area contributed by atoms with E-state index in [4.69, 9.17) is 10.6 Å². The standard InChI is InChI=1S/C14H22N2O2/c1-10-8-12(3)13(9-11(10)2)18-7-5-6-14(17)16(4)15/h8-9H,5-7,15H2,1-4H3. The molecular weight excluding hydrogens is 228 g/mol. The largest absolute Gasteiger partial charge is 0.493 e. The van der Waals surface area contributed by atoms with Gasteiger partial charge in [-0.15, -0.1) is 0 Å². The third-order valence-electron chi connectivity index (χ3n) is 2.98. The lowest BCUT2D eigenvalue weighted by atomic mass is 10.1. The van der Waals surface area contributed by atoms with Crippen LogP contribution in [0.4, 0.5) is 0 Å². The number of carbonyl (C=O) groups is 1. The van der Waals surface area contributed by atoms with Crippen LogP contribution < -0.4 is 10.6 Å². The Bertz CT molecular complexity index is 428. The van der Waals surface area contributed by atoms with Crippen LogP contribution in [0.5, 0.6) is 5.75 Å². The summed E-state index contributed by atoms with van der Waals surface area (Å²) in [5.74, 6) is 6.15. The van der Waals surface area contributed by atoms with Crippen molar-refractivity contribution in [2.75, 3.05) is 13.7 Å². The molecule has 0 fully saturated rings. The molecule has 0 unspecified atom stereocenters. The minimum Gasteiger partial charge on any atom is -0.493 e. The molecule has 4 heteroatoms. The maximum atomic E-state index is 11.3. The van der Waals surface area contributed by atoms with E-state index in [1.54, 1.807) is 7.05 Å². The summed E-state index contributed by atoms with van der Waals surface area (Å²) in [6.07, 6.45) is 1.09. The Kier molecular flexibility index (Phi) is 5.16. The Morgan fingerprint density at radius 3 is 2.44 bits per heavy atom. The fourth-order valence-electron chi connectivity index (χ4n) is 1.67. The molecule has 0 aliphatic heterocycles. The maximum Gasteiger partial charge on any atom is 0.236 e. The van der Waals surface area contributed by atoms with E-state index >= 15 is 0 Å². The van der Waals surface area contributed by atoms with Crippen molar-refractivity contribution in [3.63, 3.8) is 0 Å². The summed E-state index contributed by atoms with van der Waals surface area (Å²) < 4.78 is 5.69. The quantitative estimate of drug-likeness (QED) is 0.377. The summed E-state index contributed by atoms with van der Waals surface area (Å²) in [4.78, 5) is 11.3. The summed E-state index contributed by atoms with van der Waals surface area (Å²) in [6, 6.07) is 4.16. The number of nitrogens with two attached hydrogens (primary N) is 1. The molecule has 2 N–H and O–H groups in total. The van der Waals surface area contributed by atoms with Gasteiger partial charge >= 0.3 is 0 Å². The molecule has 1 rings (SSSR count). The van der Waals surface area contributed by atoms with Gasteiger partial charge in [-0.25, -0.2) is 5.84 Å². The number of amides is 1. The molecule has 0 spiro atoms. The van der Waals surface area contributed by atoms with Crippen molar-refractivity contribution >= 4 is 5.91 Å². The topological polar surface area (TPSA) is 55.6 Å². The molecule has 1 amide bonds. The lowest BCUT2D eigenvalue weighted by Crippen LogP contribution is -2.33. The minimum atomic E-state index is -0.0737. The first-order valence-corrected chi connectivity index (χ1v) is 6.13. The first-order valence-electron chi connectivity index (χ1n) is 6.13. The summed E-state index contributed by atoms with van der Waals surface area (Å²) in [5, 5.41) is 1.11. The third-order valence-corrected chi connectivity index (χ3v) is 2.98. The first-order chi connectivity index (χ1) is 8.41. The highest BCUT2D eigenvalue weighted by atomic mass is 16.5. The van der Waals surface area contributed by atoms with Gasteiger partial charge in [0.2, 0.25) is 5.91 Å². The van der Waals surface area contributed by atoms with E-state index in [2.05, 4.69) is 19.9 Å². The second-order valence-corrected chi connectivity index (χ2v) is 4.66. The van der Waals surface area contributed by atoms with Gasteiger partial charge in [0.1, 0.15) is 5.75 Å². The van der Waals surface area contributed by atoms with Gasteiger partial charge in [-0.1, -0.05) is 6.07 Å². The first kappa shape index (κ1) is 14.5. The molecule has 0 radical (unpaired) electrons. The van der Waals surface area contributed by atoms with E-state index in [1.165, 1.54) is 11.1 Å².